The molecule has 6 heteroatoms. The summed E-state index contributed by atoms with van der Waals surface area (Å²) in [5.74, 6) is -1.57. The fraction of sp³-hybridized carbons (Fsp3) is 0.600. The smallest absolute Gasteiger partial charge is 0.400 e. The Hall–Kier alpha value is -1.20. The summed E-state index contributed by atoms with van der Waals surface area (Å²) >= 11 is 0. The van der Waals surface area contributed by atoms with Crippen LogP contribution in [0.25, 0.3) is 0 Å². The summed E-state index contributed by atoms with van der Waals surface area (Å²) in [5, 5.41) is 8.19. The zero-order valence-corrected chi connectivity index (χ0v) is 5.75. The van der Waals surface area contributed by atoms with Gasteiger partial charge in [-0.3, -0.25) is 0 Å². The molecule has 1 amide bonds. The van der Waals surface area contributed by atoms with E-state index >= 15 is 0 Å². The summed E-state index contributed by atoms with van der Waals surface area (Å²) < 4.78 is 23.5. The number of halogens is 2. The van der Waals surface area contributed by atoms with Gasteiger partial charge < -0.3 is 10.0 Å². The molecule has 11 heavy (non-hydrogen) atoms. The molecule has 0 saturated heterocycles. The molecule has 0 bridgehead atoms. The van der Waals surface area contributed by atoms with Gasteiger partial charge in [0.2, 0.25) is 0 Å². The number of amides is 1. The highest BCUT2D eigenvalue weighted by atomic mass is 19.1. The molecule has 4 nitrogen and oxygen atoms in total. The van der Waals surface area contributed by atoms with Crippen molar-refractivity contribution < 1.29 is 23.5 Å². The Balaban J connectivity index is 4.25. The van der Waals surface area contributed by atoms with E-state index in [4.69, 9.17) is 5.11 Å². The molecule has 0 saturated carbocycles. The van der Waals surface area contributed by atoms with E-state index in [1.54, 1.807) is 0 Å². The third-order valence-corrected chi connectivity index (χ3v) is 1.18. The lowest BCUT2D eigenvalue weighted by Crippen LogP contribution is -2.41. The number of hydrogen-bond acceptors (Lipinski definition) is 2. The number of rotatable bonds is 3. The van der Waals surface area contributed by atoms with E-state index in [-0.39, 0.29) is 4.90 Å². The third kappa shape index (κ3) is 2.48. The molecule has 0 aromatic heterocycles. The Labute approximate surface area is 61.4 Å². The highest BCUT2D eigenvalue weighted by Gasteiger charge is 2.26. The van der Waals surface area contributed by atoms with Crippen molar-refractivity contribution in [1.29, 1.82) is 0 Å². The molecule has 1 unspecified atom stereocenters. The molecule has 64 valence electrons. The van der Waals surface area contributed by atoms with Crippen molar-refractivity contribution in [3.63, 3.8) is 0 Å². The predicted octanol–water partition coefficient (Wildman–Crippen LogP) is 0.430. The van der Waals surface area contributed by atoms with E-state index in [1.165, 1.54) is 0 Å². The molecule has 0 heterocycles. The molecule has 0 fully saturated rings. The van der Waals surface area contributed by atoms with Crippen LogP contribution >= 0.6 is 0 Å². The van der Waals surface area contributed by atoms with E-state index in [0.717, 1.165) is 7.05 Å². The topological polar surface area (TPSA) is 57.6 Å². The number of carbonyl (C=O) groups is 2. The van der Waals surface area contributed by atoms with Crippen LogP contribution in [0.2, 0.25) is 0 Å². The fourth-order valence-electron chi connectivity index (χ4n) is 0.458. The van der Waals surface area contributed by atoms with Crippen molar-refractivity contribution in [3.05, 3.63) is 0 Å². The molecule has 0 radical (unpaired) electrons. The second-order valence-electron chi connectivity index (χ2n) is 1.87. The Morgan fingerprint density at radius 2 is 2.09 bits per heavy atom. The molecule has 0 aromatic rings. The minimum atomic E-state index is -1.96. The van der Waals surface area contributed by atoms with Crippen LogP contribution in [0.5, 0.6) is 0 Å². The maximum Gasteiger partial charge on any atom is 0.400 e. The lowest BCUT2D eigenvalue weighted by Gasteiger charge is -2.17. The van der Waals surface area contributed by atoms with Gasteiger partial charge in [-0.15, -0.1) is 4.39 Å². The zero-order chi connectivity index (χ0) is 9.02. The summed E-state index contributed by atoms with van der Waals surface area (Å²) in [6.45, 7) is -1.30. The molecule has 1 N–H and O–H groups in total. The molecule has 0 rings (SSSR count). The first-order valence-corrected chi connectivity index (χ1v) is 2.71. The van der Waals surface area contributed by atoms with Gasteiger partial charge in [-0.1, -0.05) is 0 Å². The third-order valence-electron chi connectivity index (χ3n) is 1.18. The highest BCUT2D eigenvalue weighted by Crippen LogP contribution is 2.00. The number of alkyl halides is 1. The number of nitrogens with zero attached hydrogens (tertiary/aromatic N) is 1. The number of carboxylic acid groups (broad SMARTS) is 1. The zero-order valence-electron chi connectivity index (χ0n) is 5.75. The lowest BCUT2D eigenvalue weighted by molar-refractivity contribution is -0.142. The second kappa shape index (κ2) is 3.85. The van der Waals surface area contributed by atoms with E-state index in [9.17, 15) is 18.4 Å². The van der Waals surface area contributed by atoms with Crippen LogP contribution in [0.15, 0.2) is 0 Å². The van der Waals surface area contributed by atoms with E-state index in [2.05, 4.69) is 0 Å². The summed E-state index contributed by atoms with van der Waals surface area (Å²) in [6.07, 6.45) is -1.96. The van der Waals surface area contributed by atoms with Crippen LogP contribution in [0.1, 0.15) is 0 Å². The fourth-order valence-corrected chi connectivity index (χ4v) is 0.458. The van der Waals surface area contributed by atoms with Crippen molar-refractivity contribution in [1.82, 2.24) is 4.90 Å². The van der Waals surface area contributed by atoms with Gasteiger partial charge in [0.05, 0.1) is 0 Å². The monoisotopic (exact) mass is 167 g/mol. The Kier molecular flexibility index (Phi) is 3.43. The van der Waals surface area contributed by atoms with E-state index in [0.29, 0.717) is 0 Å². The minimum absolute atomic E-state index is 0.183. The molecule has 0 spiro atoms. The Bertz CT molecular complexity index is 173. The van der Waals surface area contributed by atoms with Gasteiger partial charge in [0.1, 0.15) is 6.67 Å². The van der Waals surface area contributed by atoms with Crippen molar-refractivity contribution >= 4 is 12.1 Å². The Morgan fingerprint density at radius 3 is 2.18 bits per heavy atom. The molecular weight excluding hydrogens is 160 g/mol. The van der Waals surface area contributed by atoms with Gasteiger partial charge in [-0.2, -0.15) is 0 Å². The first-order valence-electron chi connectivity index (χ1n) is 2.71. The molecule has 0 aromatic carbocycles. The summed E-state index contributed by atoms with van der Waals surface area (Å²) in [7, 11) is 0.876. The van der Waals surface area contributed by atoms with Crippen LogP contribution in [-0.4, -0.2) is 41.9 Å². The number of carboxylic acids is 1. The normalized spacial score (nSPS) is 12.3. The van der Waals surface area contributed by atoms with Gasteiger partial charge in [0.15, 0.2) is 6.04 Å². The van der Waals surface area contributed by atoms with E-state index < -0.39 is 24.8 Å². The number of aliphatic carboxylic acids is 1. The first-order chi connectivity index (χ1) is 5.00. The molecule has 1 atom stereocenters. The van der Waals surface area contributed by atoms with Crippen molar-refractivity contribution in [2.24, 2.45) is 0 Å². The van der Waals surface area contributed by atoms with E-state index in [1.807, 2.05) is 0 Å². The maximum atomic E-state index is 11.8. The lowest BCUT2D eigenvalue weighted by atomic mass is 10.3. The quantitative estimate of drug-likeness (QED) is 0.489. The van der Waals surface area contributed by atoms with Crippen LogP contribution in [0.3, 0.4) is 0 Å². The van der Waals surface area contributed by atoms with Crippen molar-refractivity contribution in [3.8, 4) is 0 Å². The standard InChI is InChI=1S/C5H7F2NO3/c1-8(5(7)11)3(2-6)4(9)10/h3H,2H2,1H3,(H,9,10). The first kappa shape index (κ1) is 9.80. The molecular formula is C5H7F2NO3. The summed E-state index contributed by atoms with van der Waals surface area (Å²) in [6, 6.07) is -1.73. The summed E-state index contributed by atoms with van der Waals surface area (Å²) in [5.41, 5.74) is 0. The van der Waals surface area contributed by atoms with Gasteiger partial charge in [-0.05, 0) is 0 Å². The number of hydrogen-bond donors (Lipinski definition) is 1. The molecule has 0 aliphatic heterocycles. The largest absolute Gasteiger partial charge is 0.480 e. The predicted molar refractivity (Wildman–Crippen MR) is 31.7 cm³/mol. The second-order valence-corrected chi connectivity index (χ2v) is 1.87. The van der Waals surface area contributed by atoms with Gasteiger partial charge in [-0.25, -0.2) is 14.0 Å². The van der Waals surface area contributed by atoms with Crippen LogP contribution in [0, 0.1) is 0 Å². The van der Waals surface area contributed by atoms with Gasteiger partial charge in [0, 0.05) is 7.05 Å². The Morgan fingerprint density at radius 1 is 1.64 bits per heavy atom. The number of carbonyl (C=O) groups excluding carboxylic acids is 1. The van der Waals surface area contributed by atoms with Crippen LogP contribution in [-0.2, 0) is 4.79 Å². The minimum Gasteiger partial charge on any atom is -0.480 e. The van der Waals surface area contributed by atoms with Crippen molar-refractivity contribution in [2.45, 2.75) is 6.04 Å². The van der Waals surface area contributed by atoms with Crippen LogP contribution < -0.4 is 0 Å². The van der Waals surface area contributed by atoms with Crippen molar-refractivity contribution in [2.75, 3.05) is 13.7 Å². The van der Waals surface area contributed by atoms with Gasteiger partial charge >= 0.3 is 12.1 Å². The summed E-state index contributed by atoms with van der Waals surface area (Å²) in [4.78, 5) is 20.1. The molecule has 0 aliphatic rings. The maximum absolute atomic E-state index is 11.8. The highest BCUT2D eigenvalue weighted by molar-refractivity contribution is 5.79. The average Bonchev–Trinajstić information content (AvgIpc) is 1.88. The van der Waals surface area contributed by atoms with Gasteiger partial charge in [0.25, 0.3) is 0 Å². The van der Waals surface area contributed by atoms with Crippen LogP contribution in [0.4, 0.5) is 13.6 Å². The number of likely N-dealkylation sites (N-methyl/N-ethyl adjacent to an activating group) is 1. The average molecular weight is 167 g/mol. The SMILES string of the molecule is CN(C(=O)F)C(CF)C(=O)O. The molecule has 0 aliphatic carbocycles.